The van der Waals surface area contributed by atoms with Crippen molar-refractivity contribution in [1.29, 1.82) is 0 Å². The highest BCUT2D eigenvalue weighted by Crippen LogP contribution is 2.15. The minimum Gasteiger partial charge on any atom is -0.383 e. The topological polar surface area (TPSA) is 98.5 Å². The van der Waals surface area contributed by atoms with E-state index in [9.17, 15) is 13.2 Å². The van der Waals surface area contributed by atoms with E-state index in [4.69, 9.17) is 9.88 Å². The van der Waals surface area contributed by atoms with Gasteiger partial charge in [0.05, 0.1) is 17.5 Å². The molecule has 0 aliphatic heterocycles. The lowest BCUT2D eigenvalue weighted by Crippen LogP contribution is -2.37. The fourth-order valence-corrected chi connectivity index (χ4v) is 2.59. The van der Waals surface area contributed by atoms with Crippen molar-refractivity contribution in [3.63, 3.8) is 0 Å². The Morgan fingerprint density at radius 2 is 2.10 bits per heavy atom. The summed E-state index contributed by atoms with van der Waals surface area (Å²) in [7, 11) is -2.28. The van der Waals surface area contributed by atoms with Crippen molar-refractivity contribution in [1.82, 2.24) is 5.32 Å². The van der Waals surface area contributed by atoms with Crippen molar-refractivity contribution in [3.05, 3.63) is 29.3 Å². The second kappa shape index (κ2) is 6.83. The SMILES string of the molecule is CCC(COC)NC(=O)c1ccc(C)c(S(N)(=O)=O)c1. The molecule has 6 nitrogen and oxygen atoms in total. The van der Waals surface area contributed by atoms with Crippen molar-refractivity contribution in [2.45, 2.75) is 31.2 Å². The minimum atomic E-state index is -3.84. The van der Waals surface area contributed by atoms with Crippen LogP contribution in [0.1, 0.15) is 29.3 Å². The fourth-order valence-electron chi connectivity index (χ4n) is 1.78. The fraction of sp³-hybridized carbons (Fsp3) is 0.462. The van der Waals surface area contributed by atoms with Crippen LogP contribution < -0.4 is 10.5 Å². The number of ether oxygens (including phenoxy) is 1. The molecule has 0 aliphatic carbocycles. The van der Waals surface area contributed by atoms with Crippen LogP contribution in [0.15, 0.2) is 23.1 Å². The van der Waals surface area contributed by atoms with Crippen molar-refractivity contribution in [2.24, 2.45) is 5.14 Å². The third kappa shape index (κ3) is 4.29. The molecular weight excluding hydrogens is 280 g/mol. The molecule has 0 aliphatic rings. The van der Waals surface area contributed by atoms with Gasteiger partial charge in [0.25, 0.3) is 5.91 Å². The van der Waals surface area contributed by atoms with E-state index in [0.29, 0.717) is 18.6 Å². The molecule has 20 heavy (non-hydrogen) atoms. The van der Waals surface area contributed by atoms with Crippen LogP contribution in [-0.4, -0.2) is 34.1 Å². The molecule has 0 fully saturated rings. The van der Waals surface area contributed by atoms with Gasteiger partial charge in [-0.3, -0.25) is 4.79 Å². The molecule has 112 valence electrons. The Hall–Kier alpha value is -1.44. The lowest BCUT2D eigenvalue weighted by molar-refractivity contribution is 0.0894. The molecule has 1 aromatic carbocycles. The summed E-state index contributed by atoms with van der Waals surface area (Å²) in [5, 5.41) is 7.90. The molecule has 0 bridgehead atoms. The first kappa shape index (κ1) is 16.6. The molecule has 0 heterocycles. The molecule has 1 amide bonds. The van der Waals surface area contributed by atoms with Crippen LogP contribution >= 0.6 is 0 Å². The van der Waals surface area contributed by atoms with Crippen molar-refractivity contribution >= 4 is 15.9 Å². The van der Waals surface area contributed by atoms with Crippen molar-refractivity contribution in [2.75, 3.05) is 13.7 Å². The monoisotopic (exact) mass is 300 g/mol. The molecule has 1 unspecified atom stereocenters. The Labute approximate surface area is 119 Å². The second-order valence-corrected chi connectivity index (χ2v) is 6.09. The van der Waals surface area contributed by atoms with Crippen LogP contribution in [0.2, 0.25) is 0 Å². The number of carbonyl (C=O) groups is 1. The van der Waals surface area contributed by atoms with E-state index < -0.39 is 10.0 Å². The molecule has 0 spiro atoms. The van der Waals surface area contributed by atoms with E-state index in [1.165, 1.54) is 6.07 Å². The van der Waals surface area contributed by atoms with Gasteiger partial charge in [-0.2, -0.15) is 0 Å². The third-order valence-electron chi connectivity index (χ3n) is 2.95. The molecule has 0 saturated heterocycles. The van der Waals surface area contributed by atoms with Crippen molar-refractivity contribution < 1.29 is 17.9 Å². The van der Waals surface area contributed by atoms with E-state index in [0.717, 1.165) is 0 Å². The first-order valence-corrected chi connectivity index (χ1v) is 7.77. The Bertz CT molecular complexity index is 584. The number of rotatable bonds is 6. The number of carbonyl (C=O) groups excluding carboxylic acids is 1. The maximum atomic E-state index is 12.1. The van der Waals surface area contributed by atoms with E-state index in [2.05, 4.69) is 5.32 Å². The van der Waals surface area contributed by atoms with Crippen LogP contribution in [0.5, 0.6) is 0 Å². The first-order chi connectivity index (χ1) is 9.29. The van der Waals surface area contributed by atoms with Crippen LogP contribution in [0.3, 0.4) is 0 Å². The van der Waals surface area contributed by atoms with Crippen LogP contribution in [-0.2, 0) is 14.8 Å². The number of sulfonamides is 1. The average molecular weight is 300 g/mol. The zero-order valence-corrected chi connectivity index (χ0v) is 12.7. The summed E-state index contributed by atoms with van der Waals surface area (Å²) in [6, 6.07) is 4.30. The maximum Gasteiger partial charge on any atom is 0.251 e. The largest absolute Gasteiger partial charge is 0.383 e. The third-order valence-corrected chi connectivity index (χ3v) is 4.01. The summed E-state index contributed by atoms with van der Waals surface area (Å²) >= 11 is 0. The van der Waals surface area contributed by atoms with Gasteiger partial charge in [-0.25, -0.2) is 13.6 Å². The first-order valence-electron chi connectivity index (χ1n) is 6.22. The predicted molar refractivity (Wildman–Crippen MR) is 76.0 cm³/mol. The second-order valence-electron chi connectivity index (χ2n) is 4.56. The summed E-state index contributed by atoms with van der Waals surface area (Å²) in [4.78, 5) is 12.0. The highest BCUT2D eigenvalue weighted by molar-refractivity contribution is 7.89. The van der Waals surface area contributed by atoms with Crippen molar-refractivity contribution in [3.8, 4) is 0 Å². The lowest BCUT2D eigenvalue weighted by atomic mass is 10.1. The summed E-state index contributed by atoms with van der Waals surface area (Å²) in [6.45, 7) is 3.95. The lowest BCUT2D eigenvalue weighted by Gasteiger charge is -2.16. The highest BCUT2D eigenvalue weighted by Gasteiger charge is 2.17. The quantitative estimate of drug-likeness (QED) is 0.811. The van der Waals surface area contributed by atoms with Gasteiger partial charge in [-0.15, -0.1) is 0 Å². The van der Waals surface area contributed by atoms with E-state index in [1.54, 1.807) is 26.2 Å². The van der Waals surface area contributed by atoms with Crippen LogP contribution in [0.4, 0.5) is 0 Å². The molecule has 1 rings (SSSR count). The smallest absolute Gasteiger partial charge is 0.251 e. The van der Waals surface area contributed by atoms with Gasteiger partial charge in [0, 0.05) is 12.7 Å². The molecule has 1 atom stereocenters. The molecule has 7 heteroatoms. The summed E-state index contributed by atoms with van der Waals surface area (Å²) in [5.74, 6) is -0.348. The predicted octanol–water partition coefficient (Wildman–Crippen LogP) is 0.797. The van der Waals surface area contributed by atoms with Crippen LogP contribution in [0, 0.1) is 6.92 Å². The van der Waals surface area contributed by atoms with Gasteiger partial charge in [-0.05, 0) is 31.0 Å². The van der Waals surface area contributed by atoms with E-state index in [-0.39, 0.29) is 22.4 Å². The standard InChI is InChI=1S/C13H20N2O4S/c1-4-11(8-19-3)15-13(16)10-6-5-9(2)12(7-10)20(14,17)18/h5-7,11H,4,8H2,1-3H3,(H,15,16)(H2,14,17,18). The maximum absolute atomic E-state index is 12.1. The Kier molecular flexibility index (Phi) is 5.67. The van der Waals surface area contributed by atoms with E-state index in [1.807, 2.05) is 6.92 Å². The minimum absolute atomic E-state index is 0.0371. The molecule has 0 aromatic heterocycles. The molecule has 1 aromatic rings. The number of nitrogens with two attached hydrogens (primary N) is 1. The normalized spacial score (nSPS) is 13.0. The number of benzene rings is 1. The summed E-state index contributed by atoms with van der Waals surface area (Å²) < 4.78 is 27.9. The number of methoxy groups -OCH3 is 1. The summed E-state index contributed by atoms with van der Waals surface area (Å²) in [6.07, 6.45) is 0.716. The molecule has 0 radical (unpaired) electrons. The number of hydrogen-bond donors (Lipinski definition) is 2. The molecule has 3 N–H and O–H groups in total. The van der Waals surface area contributed by atoms with Gasteiger partial charge in [0.1, 0.15) is 0 Å². The molecule has 0 saturated carbocycles. The number of amides is 1. The van der Waals surface area contributed by atoms with E-state index >= 15 is 0 Å². The number of nitrogens with one attached hydrogen (secondary N) is 1. The highest BCUT2D eigenvalue weighted by atomic mass is 32.2. The average Bonchev–Trinajstić information content (AvgIpc) is 2.37. The zero-order chi connectivity index (χ0) is 15.3. The Balaban J connectivity index is 3.00. The van der Waals surface area contributed by atoms with Gasteiger partial charge in [0.15, 0.2) is 0 Å². The number of hydrogen-bond acceptors (Lipinski definition) is 4. The van der Waals surface area contributed by atoms with Crippen LogP contribution in [0.25, 0.3) is 0 Å². The Morgan fingerprint density at radius 3 is 2.60 bits per heavy atom. The Morgan fingerprint density at radius 1 is 1.45 bits per heavy atom. The zero-order valence-electron chi connectivity index (χ0n) is 11.8. The number of primary sulfonamides is 1. The summed E-state index contributed by atoms with van der Waals surface area (Å²) in [5.41, 5.74) is 0.766. The van der Waals surface area contributed by atoms with Gasteiger partial charge >= 0.3 is 0 Å². The molecular formula is C13H20N2O4S. The van der Waals surface area contributed by atoms with Gasteiger partial charge < -0.3 is 10.1 Å². The van der Waals surface area contributed by atoms with Gasteiger partial charge in [0.2, 0.25) is 10.0 Å². The van der Waals surface area contributed by atoms with Gasteiger partial charge in [-0.1, -0.05) is 13.0 Å². The number of aryl methyl sites for hydroxylation is 1.